The number of aliphatic carboxylic acids is 1. The Morgan fingerprint density at radius 1 is 1.05 bits per heavy atom. The zero-order valence-electron chi connectivity index (χ0n) is 22.0. The quantitative estimate of drug-likeness (QED) is 0.271. The largest absolute Gasteiger partial charge is 0.496 e. The van der Waals surface area contributed by atoms with Crippen molar-refractivity contribution < 1.29 is 27.8 Å². The molecule has 0 aliphatic heterocycles. The summed E-state index contributed by atoms with van der Waals surface area (Å²) in [5, 5.41) is 10.9. The molecule has 1 heterocycles. The zero-order chi connectivity index (χ0) is 28.0. The van der Waals surface area contributed by atoms with E-state index in [0.29, 0.717) is 12.3 Å². The second kappa shape index (κ2) is 12.1. The summed E-state index contributed by atoms with van der Waals surface area (Å²) >= 11 is 0. The fourth-order valence-electron chi connectivity index (χ4n) is 4.51. The minimum Gasteiger partial charge on any atom is -0.496 e. The van der Waals surface area contributed by atoms with Gasteiger partial charge in [-0.05, 0) is 55.8 Å². The lowest BCUT2D eigenvalue weighted by atomic mass is 10.0. The molecule has 4 rings (SSSR count). The number of carboxylic acids is 1. The Labute approximate surface area is 228 Å². The van der Waals surface area contributed by atoms with Gasteiger partial charge in [-0.25, -0.2) is 8.42 Å². The predicted octanol–water partition coefficient (Wildman–Crippen LogP) is 4.38. The Bertz CT molecular complexity index is 1650. The van der Waals surface area contributed by atoms with E-state index >= 15 is 0 Å². The van der Waals surface area contributed by atoms with Crippen LogP contribution in [0.15, 0.2) is 77.7 Å². The SMILES string of the molecule is CC#CCOc1ccc(S(=O)(=O)N[C@@H](Cc2c(C)n(Cc3ccccc3OC)c3ccccc23)C(=O)O)cc1. The number of nitrogens with zero attached hydrogens (tertiary/aromatic N) is 1. The van der Waals surface area contributed by atoms with E-state index in [2.05, 4.69) is 21.1 Å². The number of hydrogen-bond acceptors (Lipinski definition) is 5. The molecular weight excluding hydrogens is 516 g/mol. The Kier molecular flexibility index (Phi) is 8.59. The first-order valence-electron chi connectivity index (χ1n) is 12.3. The molecule has 0 spiro atoms. The molecule has 0 aliphatic carbocycles. The molecule has 3 aromatic carbocycles. The number of ether oxygens (including phenoxy) is 2. The lowest BCUT2D eigenvalue weighted by molar-refractivity contribution is -0.138. The molecular formula is C30H30N2O6S. The second-order valence-corrected chi connectivity index (χ2v) is 10.6. The van der Waals surface area contributed by atoms with Gasteiger partial charge < -0.3 is 19.1 Å². The lowest BCUT2D eigenvalue weighted by Gasteiger charge is -2.16. The molecule has 0 unspecified atom stereocenters. The van der Waals surface area contributed by atoms with Crippen molar-refractivity contribution in [2.24, 2.45) is 0 Å². The van der Waals surface area contributed by atoms with Crippen molar-refractivity contribution in [3.63, 3.8) is 0 Å². The van der Waals surface area contributed by atoms with Crippen molar-refractivity contribution in [2.45, 2.75) is 37.8 Å². The monoisotopic (exact) mass is 546 g/mol. The van der Waals surface area contributed by atoms with E-state index in [4.69, 9.17) is 9.47 Å². The van der Waals surface area contributed by atoms with Crippen molar-refractivity contribution in [3.05, 3.63) is 89.6 Å². The molecule has 202 valence electrons. The smallest absolute Gasteiger partial charge is 0.322 e. The number of hydrogen-bond donors (Lipinski definition) is 2. The summed E-state index contributed by atoms with van der Waals surface area (Å²) in [6.45, 7) is 4.31. The zero-order valence-corrected chi connectivity index (χ0v) is 22.8. The van der Waals surface area contributed by atoms with Crippen molar-refractivity contribution in [1.82, 2.24) is 9.29 Å². The van der Waals surface area contributed by atoms with Crippen LogP contribution >= 0.6 is 0 Å². The standard InChI is InChI=1S/C30H30N2O6S/c1-4-5-18-38-23-14-16-24(17-15-23)39(35,36)31-27(30(33)34)19-26-21(2)32(28-12-8-7-11-25(26)28)20-22-10-6-9-13-29(22)37-3/h6-17,27,31H,18-20H2,1-3H3,(H,33,34)/t27-/m0/s1. The van der Waals surface area contributed by atoms with Crippen molar-refractivity contribution in [1.29, 1.82) is 0 Å². The number of aromatic nitrogens is 1. The fourth-order valence-corrected chi connectivity index (χ4v) is 5.70. The molecule has 0 saturated carbocycles. The fraction of sp³-hybridized carbons (Fsp3) is 0.233. The third-order valence-corrected chi connectivity index (χ3v) is 8.00. The van der Waals surface area contributed by atoms with Gasteiger partial charge in [0.15, 0.2) is 0 Å². The average Bonchev–Trinajstić information content (AvgIpc) is 3.19. The van der Waals surface area contributed by atoms with E-state index in [0.717, 1.165) is 33.5 Å². The summed E-state index contributed by atoms with van der Waals surface area (Å²) in [7, 11) is -2.50. The lowest BCUT2D eigenvalue weighted by Crippen LogP contribution is -2.42. The summed E-state index contributed by atoms with van der Waals surface area (Å²) in [6.07, 6.45) is -0.0310. The van der Waals surface area contributed by atoms with Crippen molar-refractivity contribution >= 4 is 26.9 Å². The Balaban J connectivity index is 1.63. The molecule has 9 heteroatoms. The van der Waals surface area contributed by atoms with Crippen LogP contribution in [-0.4, -0.2) is 43.8 Å². The molecule has 0 bridgehead atoms. The van der Waals surface area contributed by atoms with Gasteiger partial charge in [-0.3, -0.25) is 4.79 Å². The van der Waals surface area contributed by atoms with E-state index in [1.54, 1.807) is 14.0 Å². The molecule has 0 aliphatic rings. The highest BCUT2D eigenvalue weighted by Gasteiger charge is 2.28. The van der Waals surface area contributed by atoms with Gasteiger partial charge in [-0.15, -0.1) is 5.92 Å². The highest BCUT2D eigenvalue weighted by Crippen LogP contribution is 2.30. The van der Waals surface area contributed by atoms with Crippen LogP contribution in [0, 0.1) is 18.8 Å². The number of rotatable bonds is 11. The molecule has 2 N–H and O–H groups in total. The molecule has 0 radical (unpaired) electrons. The predicted molar refractivity (Wildman–Crippen MR) is 150 cm³/mol. The number of benzene rings is 3. The van der Waals surface area contributed by atoms with Gasteiger partial charge in [0.25, 0.3) is 0 Å². The molecule has 4 aromatic rings. The number of para-hydroxylation sites is 2. The number of carboxylic acid groups (broad SMARTS) is 1. The van der Waals surface area contributed by atoms with E-state index < -0.39 is 22.0 Å². The van der Waals surface area contributed by atoms with Gasteiger partial charge in [0.05, 0.1) is 18.6 Å². The molecule has 0 amide bonds. The number of sulfonamides is 1. The van der Waals surface area contributed by atoms with E-state index in [1.165, 1.54) is 24.3 Å². The first-order chi connectivity index (χ1) is 18.7. The number of methoxy groups -OCH3 is 1. The van der Waals surface area contributed by atoms with Gasteiger partial charge in [-0.2, -0.15) is 4.72 Å². The van der Waals surface area contributed by atoms with Gasteiger partial charge in [0.1, 0.15) is 24.1 Å². The maximum Gasteiger partial charge on any atom is 0.322 e. The number of fused-ring (bicyclic) bond motifs is 1. The van der Waals surface area contributed by atoms with E-state index in [-0.39, 0.29) is 17.9 Å². The van der Waals surface area contributed by atoms with Crippen molar-refractivity contribution in [2.75, 3.05) is 13.7 Å². The third-order valence-electron chi connectivity index (χ3n) is 6.51. The molecule has 1 aromatic heterocycles. The molecule has 8 nitrogen and oxygen atoms in total. The van der Waals surface area contributed by atoms with Crippen LogP contribution < -0.4 is 14.2 Å². The minimum atomic E-state index is -4.12. The highest BCUT2D eigenvalue weighted by molar-refractivity contribution is 7.89. The van der Waals surface area contributed by atoms with Crippen LogP contribution in [-0.2, 0) is 27.8 Å². The number of carbonyl (C=O) groups is 1. The Morgan fingerprint density at radius 3 is 2.44 bits per heavy atom. The first kappa shape index (κ1) is 27.8. The molecule has 0 fully saturated rings. The van der Waals surface area contributed by atoms with Gasteiger partial charge in [0, 0.05) is 28.6 Å². The Hall–Kier alpha value is -4.26. The highest BCUT2D eigenvalue weighted by atomic mass is 32.2. The van der Waals surface area contributed by atoms with Crippen LogP contribution in [0.25, 0.3) is 10.9 Å². The second-order valence-electron chi connectivity index (χ2n) is 8.88. The van der Waals surface area contributed by atoms with Crippen LogP contribution in [0.1, 0.15) is 23.7 Å². The third kappa shape index (κ3) is 6.25. The average molecular weight is 547 g/mol. The van der Waals surface area contributed by atoms with Crippen LogP contribution in [0.3, 0.4) is 0 Å². The summed E-state index contributed by atoms with van der Waals surface area (Å²) < 4.78 is 41.7. The molecule has 1 atom stereocenters. The normalized spacial score (nSPS) is 12.0. The van der Waals surface area contributed by atoms with Crippen LogP contribution in [0.2, 0.25) is 0 Å². The summed E-state index contributed by atoms with van der Waals surface area (Å²) in [5.41, 5.74) is 3.51. The molecule has 0 saturated heterocycles. The van der Waals surface area contributed by atoms with E-state index in [1.807, 2.05) is 55.5 Å². The van der Waals surface area contributed by atoms with E-state index in [9.17, 15) is 18.3 Å². The molecule has 39 heavy (non-hydrogen) atoms. The first-order valence-corrected chi connectivity index (χ1v) is 13.8. The van der Waals surface area contributed by atoms with Gasteiger partial charge in [0.2, 0.25) is 10.0 Å². The van der Waals surface area contributed by atoms with Gasteiger partial charge >= 0.3 is 5.97 Å². The topological polar surface area (TPSA) is 107 Å². The van der Waals surface area contributed by atoms with Gasteiger partial charge in [-0.1, -0.05) is 42.3 Å². The summed E-state index contributed by atoms with van der Waals surface area (Å²) in [6, 6.07) is 19.8. The Morgan fingerprint density at radius 2 is 1.74 bits per heavy atom. The number of nitrogens with one attached hydrogen (secondary N) is 1. The maximum atomic E-state index is 13.1. The summed E-state index contributed by atoms with van der Waals surface area (Å²) in [5.74, 6) is 5.43. The maximum absolute atomic E-state index is 13.1. The summed E-state index contributed by atoms with van der Waals surface area (Å²) in [4.78, 5) is 12.2. The van der Waals surface area contributed by atoms with Crippen LogP contribution in [0.4, 0.5) is 0 Å². The van der Waals surface area contributed by atoms with Crippen molar-refractivity contribution in [3.8, 4) is 23.3 Å². The minimum absolute atomic E-state index is 0.0310. The van der Waals surface area contributed by atoms with Crippen LogP contribution in [0.5, 0.6) is 11.5 Å².